The summed E-state index contributed by atoms with van der Waals surface area (Å²) < 4.78 is 3.52. The van der Waals surface area contributed by atoms with Gasteiger partial charge in [0.15, 0.2) is 5.13 Å². The molecule has 138 valence electrons. The highest BCUT2D eigenvalue weighted by Crippen LogP contribution is 2.31. The van der Waals surface area contributed by atoms with Crippen molar-refractivity contribution in [2.45, 2.75) is 26.9 Å². The molecule has 0 fully saturated rings. The molecule has 0 aromatic carbocycles. The molecule has 0 aliphatic heterocycles. The Bertz CT molecular complexity index is 1060. The molecule has 0 radical (unpaired) electrons. The summed E-state index contributed by atoms with van der Waals surface area (Å²) in [6, 6.07) is 3.91. The first kappa shape index (κ1) is 17.6. The monoisotopic (exact) mass is 399 g/mol. The van der Waals surface area contributed by atoms with E-state index in [1.807, 2.05) is 48.3 Å². The topological polar surface area (TPSA) is 90.5 Å². The predicted molar refractivity (Wildman–Crippen MR) is 105 cm³/mol. The summed E-state index contributed by atoms with van der Waals surface area (Å²) in [5.74, 6) is -0.189. The Balaban J connectivity index is 1.37. The van der Waals surface area contributed by atoms with Crippen LogP contribution in [0, 0.1) is 13.8 Å². The summed E-state index contributed by atoms with van der Waals surface area (Å²) in [7, 11) is 0. The maximum Gasteiger partial charge on any atom is 0.247 e. The van der Waals surface area contributed by atoms with Crippen LogP contribution in [0.3, 0.4) is 0 Å². The van der Waals surface area contributed by atoms with Gasteiger partial charge in [0.05, 0.1) is 34.0 Å². The lowest BCUT2D eigenvalue weighted by Crippen LogP contribution is -2.19. The smallest absolute Gasteiger partial charge is 0.247 e. The van der Waals surface area contributed by atoms with Crippen LogP contribution < -0.4 is 5.32 Å². The molecule has 0 unspecified atom stereocenters. The van der Waals surface area contributed by atoms with Crippen molar-refractivity contribution in [3.8, 4) is 10.6 Å². The number of carbonyl (C=O) groups is 1. The second-order valence-corrected chi connectivity index (χ2v) is 8.06. The highest BCUT2D eigenvalue weighted by Gasteiger charge is 2.13. The number of aryl methyl sites for hydroxylation is 2. The molecule has 27 heavy (non-hydrogen) atoms. The zero-order valence-electron chi connectivity index (χ0n) is 14.8. The van der Waals surface area contributed by atoms with Gasteiger partial charge in [0.2, 0.25) is 5.91 Å². The number of rotatable bonds is 6. The second kappa shape index (κ2) is 7.41. The van der Waals surface area contributed by atoms with E-state index in [9.17, 15) is 4.79 Å². The lowest BCUT2D eigenvalue weighted by Gasteiger charge is -2.01. The molecule has 0 saturated carbocycles. The van der Waals surface area contributed by atoms with Gasteiger partial charge in [0.25, 0.3) is 0 Å². The van der Waals surface area contributed by atoms with Crippen molar-refractivity contribution in [2.75, 3.05) is 5.32 Å². The van der Waals surface area contributed by atoms with Crippen molar-refractivity contribution in [3.63, 3.8) is 0 Å². The van der Waals surface area contributed by atoms with E-state index in [1.54, 1.807) is 17.5 Å². The van der Waals surface area contributed by atoms with Crippen molar-refractivity contribution >= 4 is 33.7 Å². The molecule has 10 heteroatoms. The molecular formula is C17H17N7OS2. The van der Waals surface area contributed by atoms with Gasteiger partial charge in [0.1, 0.15) is 12.2 Å². The van der Waals surface area contributed by atoms with E-state index >= 15 is 0 Å². The molecule has 4 rings (SSSR count). The van der Waals surface area contributed by atoms with Gasteiger partial charge >= 0.3 is 0 Å². The van der Waals surface area contributed by atoms with E-state index < -0.39 is 0 Å². The molecule has 1 amide bonds. The average molecular weight is 400 g/mol. The second-order valence-electron chi connectivity index (χ2n) is 6.00. The maximum absolute atomic E-state index is 12.3. The number of aromatic nitrogens is 6. The number of anilines is 1. The number of thiazole rings is 2. The Morgan fingerprint density at radius 3 is 2.78 bits per heavy atom. The molecule has 0 spiro atoms. The number of nitrogens with one attached hydrogen (secondary N) is 1. The molecule has 0 bridgehead atoms. The van der Waals surface area contributed by atoms with Crippen LogP contribution in [0.15, 0.2) is 36.1 Å². The summed E-state index contributed by atoms with van der Waals surface area (Å²) in [6.07, 6.45) is 5.69. The van der Waals surface area contributed by atoms with Crippen LogP contribution in [0.2, 0.25) is 0 Å². The maximum atomic E-state index is 12.3. The van der Waals surface area contributed by atoms with E-state index in [4.69, 9.17) is 0 Å². The summed E-state index contributed by atoms with van der Waals surface area (Å²) in [4.78, 5) is 22.2. The minimum absolute atomic E-state index is 0.0896. The largest absolute Gasteiger partial charge is 0.348 e. The fourth-order valence-corrected chi connectivity index (χ4v) is 4.33. The first-order chi connectivity index (χ1) is 13.1. The number of nitrogens with zero attached hydrogens (tertiary/aromatic N) is 6. The third-order valence-corrected chi connectivity index (χ3v) is 5.64. The van der Waals surface area contributed by atoms with E-state index in [-0.39, 0.29) is 12.5 Å². The van der Waals surface area contributed by atoms with Crippen LogP contribution in [-0.2, 0) is 17.9 Å². The van der Waals surface area contributed by atoms with Crippen LogP contribution in [0.4, 0.5) is 5.13 Å². The van der Waals surface area contributed by atoms with Crippen molar-refractivity contribution in [3.05, 3.63) is 52.5 Å². The molecule has 4 aromatic rings. The lowest BCUT2D eigenvalue weighted by atomic mass is 10.3. The van der Waals surface area contributed by atoms with Gasteiger partial charge in [-0.25, -0.2) is 14.6 Å². The SMILES string of the molecule is Cc1nc(C)c(-c2csc(NC(=O)Cn3cc(Cn4cccc4)nn3)n2)s1. The minimum atomic E-state index is -0.189. The fraction of sp³-hybridized carbons (Fsp3) is 0.235. The predicted octanol–water partition coefficient (Wildman–Crippen LogP) is 2.96. The number of hydrogen-bond donors (Lipinski definition) is 1. The highest BCUT2D eigenvalue weighted by atomic mass is 32.1. The van der Waals surface area contributed by atoms with Crippen LogP contribution in [0.25, 0.3) is 10.6 Å². The molecule has 4 heterocycles. The van der Waals surface area contributed by atoms with Gasteiger partial charge in [-0.3, -0.25) is 4.79 Å². The Morgan fingerprint density at radius 2 is 2.04 bits per heavy atom. The zero-order chi connectivity index (χ0) is 18.8. The van der Waals surface area contributed by atoms with E-state index in [0.717, 1.165) is 27.0 Å². The summed E-state index contributed by atoms with van der Waals surface area (Å²) in [6.45, 7) is 4.65. The minimum Gasteiger partial charge on any atom is -0.348 e. The van der Waals surface area contributed by atoms with Gasteiger partial charge in [-0.15, -0.1) is 27.8 Å². The van der Waals surface area contributed by atoms with Crippen LogP contribution in [0.1, 0.15) is 16.4 Å². The van der Waals surface area contributed by atoms with E-state index in [2.05, 4.69) is 25.6 Å². The number of amides is 1. The first-order valence-electron chi connectivity index (χ1n) is 8.26. The fourth-order valence-electron chi connectivity index (χ4n) is 2.66. The van der Waals surface area contributed by atoms with Gasteiger partial charge in [0, 0.05) is 17.8 Å². The van der Waals surface area contributed by atoms with Crippen LogP contribution in [-0.4, -0.2) is 35.4 Å². The van der Waals surface area contributed by atoms with Crippen LogP contribution in [0.5, 0.6) is 0 Å². The third-order valence-electron chi connectivity index (χ3n) is 3.79. The molecule has 0 aliphatic carbocycles. The number of hydrogen-bond acceptors (Lipinski definition) is 7. The standard InChI is InChI=1S/C17H17N7OS2/c1-11-16(27-12(2)18-11)14-10-26-17(19-14)20-15(25)9-24-8-13(21-22-24)7-23-5-3-4-6-23/h3-6,8,10H,7,9H2,1-2H3,(H,19,20,25). The first-order valence-corrected chi connectivity index (χ1v) is 9.96. The van der Waals surface area contributed by atoms with E-state index in [0.29, 0.717) is 11.7 Å². The zero-order valence-corrected chi connectivity index (χ0v) is 16.4. The van der Waals surface area contributed by atoms with Crippen LogP contribution >= 0.6 is 22.7 Å². The lowest BCUT2D eigenvalue weighted by molar-refractivity contribution is -0.116. The van der Waals surface area contributed by atoms with Gasteiger partial charge < -0.3 is 9.88 Å². The highest BCUT2D eigenvalue weighted by molar-refractivity contribution is 7.16. The Kier molecular flexibility index (Phi) is 4.82. The van der Waals surface area contributed by atoms with Crippen molar-refractivity contribution in [1.29, 1.82) is 0 Å². The summed E-state index contributed by atoms with van der Waals surface area (Å²) >= 11 is 3.00. The van der Waals surface area contributed by atoms with E-state index in [1.165, 1.54) is 16.0 Å². The average Bonchev–Trinajstić information content (AvgIpc) is 3.38. The molecular weight excluding hydrogens is 382 g/mol. The Morgan fingerprint density at radius 1 is 1.22 bits per heavy atom. The Labute approximate surface area is 163 Å². The number of carbonyl (C=O) groups excluding carboxylic acids is 1. The molecule has 8 nitrogen and oxygen atoms in total. The molecule has 4 aromatic heterocycles. The molecule has 1 N–H and O–H groups in total. The molecule has 0 aliphatic rings. The Hall–Kier alpha value is -2.85. The normalized spacial score (nSPS) is 11.0. The molecule has 0 saturated heterocycles. The third kappa shape index (κ3) is 4.12. The summed E-state index contributed by atoms with van der Waals surface area (Å²) in [5.41, 5.74) is 2.60. The molecule has 0 atom stereocenters. The quantitative estimate of drug-likeness (QED) is 0.538. The van der Waals surface area contributed by atoms with Gasteiger partial charge in [-0.1, -0.05) is 5.21 Å². The summed E-state index contributed by atoms with van der Waals surface area (Å²) in [5, 5.41) is 14.4. The van der Waals surface area contributed by atoms with Crippen molar-refractivity contribution < 1.29 is 4.79 Å². The van der Waals surface area contributed by atoms with Crippen molar-refractivity contribution in [2.24, 2.45) is 0 Å². The van der Waals surface area contributed by atoms with Gasteiger partial charge in [-0.2, -0.15) is 0 Å². The van der Waals surface area contributed by atoms with Crippen molar-refractivity contribution in [1.82, 2.24) is 29.5 Å². The van der Waals surface area contributed by atoms with Gasteiger partial charge in [-0.05, 0) is 26.0 Å².